The van der Waals surface area contributed by atoms with Crippen molar-refractivity contribution < 1.29 is 22.7 Å². The smallest absolute Gasteiger partial charge is 0.321 e. The van der Waals surface area contributed by atoms with Crippen molar-refractivity contribution in [2.75, 3.05) is 12.4 Å². The molecule has 0 fully saturated rings. The van der Waals surface area contributed by atoms with Gasteiger partial charge in [-0.1, -0.05) is 0 Å². The van der Waals surface area contributed by atoms with E-state index in [-0.39, 0.29) is 0 Å². The van der Waals surface area contributed by atoms with Gasteiger partial charge in [0, 0.05) is 0 Å². The number of aliphatic carboxylic acids is 1. The Hall–Kier alpha value is -0.650. The summed E-state index contributed by atoms with van der Waals surface area (Å²) >= 11 is 0. The Bertz CT molecular complexity index is 233. The third-order valence-corrected chi connectivity index (χ3v) is 3.25. The van der Waals surface area contributed by atoms with Gasteiger partial charge in [-0.05, 0) is 6.92 Å². The van der Waals surface area contributed by atoms with Crippen molar-refractivity contribution in [3.05, 3.63) is 0 Å². The van der Waals surface area contributed by atoms with E-state index >= 15 is 0 Å². The molecule has 0 spiro atoms. The first-order chi connectivity index (χ1) is 4.91. The summed E-state index contributed by atoms with van der Waals surface area (Å²) < 4.78 is 33.0. The van der Waals surface area contributed by atoms with Crippen LogP contribution >= 0.6 is 0 Å². The zero-order chi connectivity index (χ0) is 9.07. The van der Waals surface area contributed by atoms with Crippen molar-refractivity contribution in [2.45, 2.75) is 12.2 Å². The van der Waals surface area contributed by atoms with Crippen molar-refractivity contribution in [2.24, 2.45) is 0 Å². The van der Waals surface area contributed by atoms with Gasteiger partial charge in [0.15, 0.2) is 15.1 Å². The van der Waals surface area contributed by atoms with Gasteiger partial charge >= 0.3 is 5.97 Å². The van der Waals surface area contributed by atoms with E-state index in [1.165, 1.54) is 0 Å². The highest BCUT2D eigenvalue weighted by atomic mass is 32.2. The predicted octanol–water partition coefficient (Wildman–Crippen LogP) is -0.156. The zero-order valence-corrected chi connectivity index (χ0v) is 6.77. The molecular formula is C5H9FO4S. The predicted molar refractivity (Wildman–Crippen MR) is 36.9 cm³/mol. The summed E-state index contributed by atoms with van der Waals surface area (Å²) in [6.45, 7) is -0.0206. The van der Waals surface area contributed by atoms with E-state index in [0.29, 0.717) is 0 Å². The topological polar surface area (TPSA) is 71.4 Å². The SMILES string of the molecule is CC(C(=O)O)S(=O)(=O)CCF. The van der Waals surface area contributed by atoms with E-state index in [0.717, 1.165) is 6.92 Å². The summed E-state index contributed by atoms with van der Waals surface area (Å²) in [6, 6.07) is 0. The van der Waals surface area contributed by atoms with Gasteiger partial charge in [-0.2, -0.15) is 0 Å². The van der Waals surface area contributed by atoms with Gasteiger partial charge in [-0.3, -0.25) is 4.79 Å². The summed E-state index contributed by atoms with van der Waals surface area (Å²) in [4.78, 5) is 10.1. The molecule has 0 saturated heterocycles. The first kappa shape index (κ1) is 10.3. The maximum atomic E-state index is 11.5. The number of halogens is 1. The molecule has 4 nitrogen and oxygen atoms in total. The monoisotopic (exact) mass is 184 g/mol. The highest BCUT2D eigenvalue weighted by Crippen LogP contribution is 2.01. The minimum absolute atomic E-state index is 0.722. The van der Waals surface area contributed by atoms with Crippen LogP contribution in [0.3, 0.4) is 0 Å². The van der Waals surface area contributed by atoms with E-state index < -0.39 is 33.5 Å². The summed E-state index contributed by atoms with van der Waals surface area (Å²) in [6.07, 6.45) is 0. The Morgan fingerprint density at radius 2 is 2.09 bits per heavy atom. The number of hydrogen-bond acceptors (Lipinski definition) is 3. The van der Waals surface area contributed by atoms with Crippen LogP contribution in [0.4, 0.5) is 4.39 Å². The Kier molecular flexibility index (Phi) is 3.44. The maximum absolute atomic E-state index is 11.5. The molecule has 1 N–H and O–H groups in total. The number of hydrogen-bond donors (Lipinski definition) is 1. The molecule has 0 saturated carbocycles. The minimum Gasteiger partial charge on any atom is -0.480 e. The number of carbonyl (C=O) groups is 1. The zero-order valence-electron chi connectivity index (χ0n) is 5.95. The van der Waals surface area contributed by atoms with Crippen LogP contribution in [0.25, 0.3) is 0 Å². The van der Waals surface area contributed by atoms with Crippen LogP contribution < -0.4 is 0 Å². The Labute approximate surface area is 63.9 Å². The van der Waals surface area contributed by atoms with Crippen molar-refractivity contribution in [1.29, 1.82) is 0 Å². The lowest BCUT2D eigenvalue weighted by Gasteiger charge is -2.04. The average Bonchev–Trinajstić information content (AvgIpc) is 1.86. The van der Waals surface area contributed by atoms with Gasteiger partial charge < -0.3 is 5.11 Å². The number of carboxylic acid groups (broad SMARTS) is 1. The quantitative estimate of drug-likeness (QED) is 0.659. The van der Waals surface area contributed by atoms with Crippen LogP contribution in [0.15, 0.2) is 0 Å². The molecule has 0 amide bonds. The molecule has 1 unspecified atom stereocenters. The van der Waals surface area contributed by atoms with E-state index in [4.69, 9.17) is 5.11 Å². The Balaban J connectivity index is 4.44. The molecule has 1 atom stereocenters. The van der Waals surface area contributed by atoms with E-state index in [1.807, 2.05) is 0 Å². The molecule has 0 rings (SSSR count). The van der Waals surface area contributed by atoms with Crippen LogP contribution in [0.5, 0.6) is 0 Å². The van der Waals surface area contributed by atoms with E-state index in [2.05, 4.69) is 0 Å². The maximum Gasteiger partial charge on any atom is 0.321 e. The average molecular weight is 184 g/mol. The molecule has 0 aliphatic carbocycles. The molecule has 11 heavy (non-hydrogen) atoms. The number of carboxylic acids is 1. The summed E-state index contributed by atoms with van der Waals surface area (Å²) in [5.41, 5.74) is 0. The van der Waals surface area contributed by atoms with Gasteiger partial charge in [0.1, 0.15) is 6.67 Å². The Morgan fingerprint density at radius 1 is 1.64 bits per heavy atom. The third kappa shape index (κ3) is 2.83. The van der Waals surface area contributed by atoms with Crippen molar-refractivity contribution in [1.82, 2.24) is 0 Å². The second-order valence-corrected chi connectivity index (χ2v) is 4.48. The van der Waals surface area contributed by atoms with Crippen LogP contribution in [-0.2, 0) is 14.6 Å². The second-order valence-electron chi connectivity index (χ2n) is 2.04. The van der Waals surface area contributed by atoms with Gasteiger partial charge in [0.2, 0.25) is 0 Å². The molecule has 0 aromatic rings. The fraction of sp³-hybridized carbons (Fsp3) is 0.800. The standard InChI is InChI=1S/C5H9FO4S/c1-4(5(7)8)11(9,10)3-2-6/h4H,2-3H2,1H3,(H,7,8). The first-order valence-corrected chi connectivity index (χ1v) is 4.63. The summed E-state index contributed by atoms with van der Waals surface area (Å²) in [5, 5.41) is 6.73. The van der Waals surface area contributed by atoms with Gasteiger partial charge in [0.25, 0.3) is 0 Å². The van der Waals surface area contributed by atoms with E-state index in [1.54, 1.807) is 0 Å². The number of alkyl halides is 1. The lowest BCUT2D eigenvalue weighted by molar-refractivity contribution is -0.136. The normalized spacial score (nSPS) is 14.4. The molecule has 0 aromatic carbocycles. The van der Waals surface area contributed by atoms with E-state index in [9.17, 15) is 17.6 Å². The lowest BCUT2D eigenvalue weighted by atomic mass is 10.5. The highest BCUT2D eigenvalue weighted by Gasteiger charge is 2.26. The molecule has 0 aliphatic rings. The molecule has 66 valence electrons. The van der Waals surface area contributed by atoms with Gasteiger partial charge in [0.05, 0.1) is 5.75 Å². The fourth-order valence-electron chi connectivity index (χ4n) is 0.438. The van der Waals surface area contributed by atoms with Crippen molar-refractivity contribution in [3.63, 3.8) is 0 Å². The molecule has 0 aromatic heterocycles. The fourth-order valence-corrected chi connectivity index (χ4v) is 1.31. The highest BCUT2D eigenvalue weighted by molar-refractivity contribution is 7.92. The lowest BCUT2D eigenvalue weighted by Crippen LogP contribution is -2.29. The van der Waals surface area contributed by atoms with Gasteiger partial charge in [-0.25, -0.2) is 12.8 Å². The molecule has 0 bridgehead atoms. The summed E-state index contributed by atoms with van der Waals surface area (Å²) in [7, 11) is -3.78. The molecule has 6 heteroatoms. The van der Waals surface area contributed by atoms with Crippen molar-refractivity contribution >= 4 is 15.8 Å². The molecular weight excluding hydrogens is 175 g/mol. The van der Waals surface area contributed by atoms with Gasteiger partial charge in [-0.15, -0.1) is 0 Å². The summed E-state index contributed by atoms with van der Waals surface area (Å²) in [5.74, 6) is -2.17. The largest absolute Gasteiger partial charge is 0.480 e. The minimum atomic E-state index is -3.78. The molecule has 0 radical (unpaired) electrons. The van der Waals surface area contributed by atoms with Crippen LogP contribution in [-0.4, -0.2) is 37.2 Å². The molecule has 0 heterocycles. The number of rotatable bonds is 4. The Morgan fingerprint density at radius 3 is 2.36 bits per heavy atom. The molecule has 0 aliphatic heterocycles. The van der Waals surface area contributed by atoms with Crippen molar-refractivity contribution in [3.8, 4) is 0 Å². The first-order valence-electron chi connectivity index (χ1n) is 2.92. The third-order valence-electron chi connectivity index (χ3n) is 1.25. The van der Waals surface area contributed by atoms with Crippen LogP contribution in [0, 0.1) is 0 Å². The number of sulfone groups is 1. The van der Waals surface area contributed by atoms with Crippen LogP contribution in [0.2, 0.25) is 0 Å². The second kappa shape index (κ2) is 3.66. The van der Waals surface area contributed by atoms with Crippen LogP contribution in [0.1, 0.15) is 6.92 Å².